The Morgan fingerprint density at radius 1 is 0.935 bits per heavy atom. The fourth-order valence-electron chi connectivity index (χ4n) is 3.04. The Morgan fingerprint density at radius 3 is 2.16 bits per heavy atom. The first-order chi connectivity index (χ1) is 15.0. The number of fused-ring (bicyclic) bond motifs is 1. The number of rotatable bonds is 4. The molecule has 4 rings (SSSR count). The smallest absolute Gasteiger partial charge is 0.340 e. The van der Waals surface area contributed by atoms with Crippen LogP contribution in [-0.4, -0.2) is 39.4 Å². The van der Waals surface area contributed by atoms with Gasteiger partial charge in [-0.2, -0.15) is 9.97 Å². The molecule has 0 radical (unpaired) electrons. The maximum Gasteiger partial charge on any atom is 0.340 e. The second-order valence-electron chi connectivity index (χ2n) is 6.43. The first-order valence-electron chi connectivity index (χ1n) is 9.12. The van der Waals surface area contributed by atoms with Crippen molar-refractivity contribution in [1.29, 1.82) is 0 Å². The van der Waals surface area contributed by atoms with Crippen LogP contribution in [0.3, 0.4) is 0 Å². The molecule has 8 nitrogen and oxygen atoms in total. The molecule has 2 heterocycles. The molecule has 1 amide bonds. The van der Waals surface area contributed by atoms with E-state index in [0.29, 0.717) is 11.1 Å². The second-order valence-corrected chi connectivity index (χ2v) is 6.79. The van der Waals surface area contributed by atoms with Gasteiger partial charge in [0.25, 0.3) is 11.8 Å². The number of nitrogens with one attached hydrogen (secondary N) is 1. The largest absolute Gasteiger partial charge is 0.465 e. The first kappa shape index (κ1) is 20.2. The minimum absolute atomic E-state index is 0.0349. The third kappa shape index (κ3) is 3.88. The summed E-state index contributed by atoms with van der Waals surface area (Å²) in [6, 6.07) is 17.0. The van der Waals surface area contributed by atoms with E-state index in [2.05, 4.69) is 15.3 Å². The number of aromatic nitrogens is 3. The third-order valence-corrected chi connectivity index (χ3v) is 4.78. The number of hydrogen-bond acceptors (Lipinski definition) is 6. The molecule has 0 unspecified atom stereocenters. The number of amides is 1. The second kappa shape index (κ2) is 8.37. The Labute approximate surface area is 181 Å². The van der Waals surface area contributed by atoms with Gasteiger partial charge in [0.15, 0.2) is 5.65 Å². The Kier molecular flexibility index (Phi) is 5.46. The Hall–Kier alpha value is -4.04. The highest BCUT2D eigenvalue weighted by Crippen LogP contribution is 2.29. The summed E-state index contributed by atoms with van der Waals surface area (Å²) in [6.07, 6.45) is 1.30. The van der Waals surface area contributed by atoms with Crippen LogP contribution in [0.5, 0.6) is 0 Å². The molecule has 0 spiro atoms. The monoisotopic (exact) mass is 434 g/mol. The lowest BCUT2D eigenvalue weighted by molar-refractivity contribution is 0.0602. The van der Waals surface area contributed by atoms with Crippen LogP contribution in [0.2, 0.25) is 5.15 Å². The van der Waals surface area contributed by atoms with Crippen molar-refractivity contribution in [2.24, 2.45) is 0 Å². The molecule has 1 N–H and O–H groups in total. The van der Waals surface area contributed by atoms with Crippen LogP contribution in [0, 0.1) is 0 Å². The van der Waals surface area contributed by atoms with E-state index >= 15 is 0 Å². The number of nitrogens with zero attached hydrogens (tertiary/aromatic N) is 3. The summed E-state index contributed by atoms with van der Waals surface area (Å²) in [7, 11) is 1.22. The highest BCUT2D eigenvalue weighted by atomic mass is 35.5. The molecule has 2 aromatic carbocycles. The molecule has 0 aliphatic carbocycles. The number of methoxy groups -OCH3 is 1. The Bertz CT molecular complexity index is 1300. The molecule has 154 valence electrons. The summed E-state index contributed by atoms with van der Waals surface area (Å²) in [5.74, 6) is -1.69. The lowest BCUT2D eigenvalue weighted by Crippen LogP contribution is -2.16. The molecular formula is C22H15ClN4O4. The zero-order valence-electron chi connectivity index (χ0n) is 16.2. The highest BCUT2D eigenvalue weighted by Gasteiger charge is 2.25. The number of hydrogen-bond donors (Lipinski definition) is 1. The quantitative estimate of drug-likeness (QED) is 0.387. The van der Waals surface area contributed by atoms with Crippen LogP contribution in [-0.2, 0) is 4.74 Å². The van der Waals surface area contributed by atoms with Crippen molar-refractivity contribution in [3.8, 4) is 0 Å². The van der Waals surface area contributed by atoms with Crippen molar-refractivity contribution in [2.45, 2.75) is 0 Å². The molecule has 0 fully saturated rings. The Morgan fingerprint density at radius 2 is 1.55 bits per heavy atom. The van der Waals surface area contributed by atoms with Gasteiger partial charge in [-0.3, -0.25) is 19.5 Å². The molecule has 0 bridgehead atoms. The van der Waals surface area contributed by atoms with Crippen LogP contribution in [0.1, 0.15) is 31.1 Å². The highest BCUT2D eigenvalue weighted by molar-refractivity contribution is 6.35. The van der Waals surface area contributed by atoms with Gasteiger partial charge in [-0.15, -0.1) is 0 Å². The molecule has 0 saturated heterocycles. The van der Waals surface area contributed by atoms with Gasteiger partial charge in [-0.1, -0.05) is 48.0 Å². The summed E-state index contributed by atoms with van der Waals surface area (Å²) < 4.78 is 5.99. The fraction of sp³-hybridized carbons (Fsp3) is 0.0455. The molecule has 2 aromatic heterocycles. The van der Waals surface area contributed by atoms with E-state index in [1.807, 2.05) is 0 Å². The minimum atomic E-state index is -0.698. The SMILES string of the molecule is COC(=O)c1cn(C(=O)c2ccccc2)c2nc(NC(=O)c3ccccc3)nc(Cl)c12. The lowest BCUT2D eigenvalue weighted by Gasteiger charge is -2.07. The maximum atomic E-state index is 13.1. The van der Waals surface area contributed by atoms with Gasteiger partial charge in [0.1, 0.15) is 5.15 Å². The van der Waals surface area contributed by atoms with Gasteiger partial charge in [-0.05, 0) is 24.3 Å². The van der Waals surface area contributed by atoms with E-state index in [-0.39, 0.29) is 27.7 Å². The summed E-state index contributed by atoms with van der Waals surface area (Å²) in [4.78, 5) is 46.2. The first-order valence-corrected chi connectivity index (χ1v) is 9.50. The molecule has 9 heteroatoms. The number of esters is 1. The van der Waals surface area contributed by atoms with E-state index in [1.54, 1.807) is 60.7 Å². The number of anilines is 1. The topological polar surface area (TPSA) is 103 Å². The minimum Gasteiger partial charge on any atom is -0.465 e. The van der Waals surface area contributed by atoms with Crippen molar-refractivity contribution < 1.29 is 19.1 Å². The number of carbonyl (C=O) groups is 3. The van der Waals surface area contributed by atoms with E-state index in [1.165, 1.54) is 17.9 Å². The van der Waals surface area contributed by atoms with E-state index in [4.69, 9.17) is 16.3 Å². The van der Waals surface area contributed by atoms with Crippen molar-refractivity contribution in [3.05, 3.63) is 88.7 Å². The maximum absolute atomic E-state index is 13.1. The van der Waals surface area contributed by atoms with Crippen LogP contribution in [0.4, 0.5) is 5.95 Å². The van der Waals surface area contributed by atoms with Gasteiger partial charge in [-0.25, -0.2) is 4.79 Å². The van der Waals surface area contributed by atoms with Crippen molar-refractivity contribution >= 4 is 46.4 Å². The van der Waals surface area contributed by atoms with Gasteiger partial charge in [0.2, 0.25) is 5.95 Å². The molecule has 0 aliphatic heterocycles. The van der Waals surface area contributed by atoms with E-state index in [9.17, 15) is 14.4 Å². The van der Waals surface area contributed by atoms with Gasteiger partial charge in [0, 0.05) is 17.3 Å². The van der Waals surface area contributed by atoms with Gasteiger partial charge < -0.3 is 4.74 Å². The van der Waals surface area contributed by atoms with Crippen LogP contribution in [0.15, 0.2) is 66.9 Å². The number of carbonyl (C=O) groups excluding carboxylic acids is 3. The lowest BCUT2D eigenvalue weighted by atomic mass is 10.2. The third-order valence-electron chi connectivity index (χ3n) is 4.51. The Balaban J connectivity index is 1.84. The van der Waals surface area contributed by atoms with Gasteiger partial charge in [0.05, 0.1) is 18.1 Å². The standard InChI is InChI=1S/C22H15ClN4O4/c1-31-21(30)15-12-27(20(29)14-10-6-3-7-11-14)18-16(15)17(23)24-22(25-18)26-19(28)13-8-4-2-5-9-13/h2-12H,1H3,(H,24,25,26,28). The molecule has 31 heavy (non-hydrogen) atoms. The summed E-state index contributed by atoms with van der Waals surface area (Å²) in [5.41, 5.74) is 0.874. The fourth-order valence-corrected chi connectivity index (χ4v) is 3.31. The van der Waals surface area contributed by atoms with Crippen molar-refractivity contribution in [3.63, 3.8) is 0 Å². The summed E-state index contributed by atoms with van der Waals surface area (Å²) in [5, 5.41) is 2.61. The zero-order valence-corrected chi connectivity index (χ0v) is 17.0. The molecule has 0 saturated carbocycles. The van der Waals surface area contributed by atoms with E-state index < -0.39 is 17.8 Å². The number of benzene rings is 2. The van der Waals surface area contributed by atoms with Crippen LogP contribution in [0.25, 0.3) is 11.0 Å². The number of ether oxygens (including phenoxy) is 1. The predicted octanol–water partition coefficient (Wildman–Crippen LogP) is 3.81. The van der Waals surface area contributed by atoms with Crippen molar-refractivity contribution in [1.82, 2.24) is 14.5 Å². The molecular weight excluding hydrogens is 420 g/mol. The zero-order chi connectivity index (χ0) is 22.0. The number of halogens is 1. The van der Waals surface area contributed by atoms with Crippen LogP contribution >= 0.6 is 11.6 Å². The average molecular weight is 435 g/mol. The summed E-state index contributed by atoms with van der Waals surface area (Å²) >= 11 is 6.33. The van der Waals surface area contributed by atoms with E-state index in [0.717, 1.165) is 0 Å². The predicted molar refractivity (Wildman–Crippen MR) is 114 cm³/mol. The summed E-state index contributed by atoms with van der Waals surface area (Å²) in [6.45, 7) is 0. The normalized spacial score (nSPS) is 10.6. The molecule has 0 aliphatic rings. The molecule has 4 aromatic rings. The van der Waals surface area contributed by atoms with Crippen LogP contribution < -0.4 is 5.32 Å². The average Bonchev–Trinajstić information content (AvgIpc) is 3.19. The van der Waals surface area contributed by atoms with Gasteiger partial charge >= 0.3 is 5.97 Å². The van der Waals surface area contributed by atoms with Crippen molar-refractivity contribution in [2.75, 3.05) is 12.4 Å². The molecule has 0 atom stereocenters.